The third kappa shape index (κ3) is 2.59. The SMILES string of the molecule is Cc1cn2nc(-c3cnc4cc([C@H]5CCN(C)C5)sc4n3)cc(C)c2n1. The molecule has 0 amide bonds. The summed E-state index contributed by atoms with van der Waals surface area (Å²) < 4.78 is 1.83. The molecule has 1 saturated heterocycles. The lowest BCUT2D eigenvalue weighted by atomic mass is 10.1. The van der Waals surface area contributed by atoms with Crippen molar-refractivity contribution >= 4 is 27.3 Å². The topological polar surface area (TPSA) is 59.2 Å². The molecule has 4 aromatic rings. The van der Waals surface area contributed by atoms with Gasteiger partial charge in [-0.25, -0.2) is 14.5 Å². The van der Waals surface area contributed by atoms with Gasteiger partial charge in [0.1, 0.15) is 21.7 Å². The molecule has 132 valence electrons. The Morgan fingerprint density at radius 2 is 2.04 bits per heavy atom. The number of nitrogens with zero attached hydrogens (tertiary/aromatic N) is 6. The Kier molecular flexibility index (Phi) is 3.55. The van der Waals surface area contributed by atoms with Crippen molar-refractivity contribution in [1.82, 2.24) is 29.5 Å². The van der Waals surface area contributed by atoms with Crippen molar-refractivity contribution in [2.24, 2.45) is 0 Å². The molecule has 1 aliphatic rings. The van der Waals surface area contributed by atoms with Gasteiger partial charge in [-0.15, -0.1) is 11.3 Å². The van der Waals surface area contributed by atoms with Crippen molar-refractivity contribution in [2.75, 3.05) is 20.1 Å². The average Bonchev–Trinajstić information content (AvgIpc) is 3.31. The number of hydrogen-bond donors (Lipinski definition) is 0. The van der Waals surface area contributed by atoms with Crippen molar-refractivity contribution in [3.63, 3.8) is 0 Å². The quantitative estimate of drug-likeness (QED) is 0.545. The molecule has 0 radical (unpaired) electrons. The summed E-state index contributed by atoms with van der Waals surface area (Å²) >= 11 is 1.77. The average molecular weight is 364 g/mol. The molecule has 1 fully saturated rings. The third-order valence-electron chi connectivity index (χ3n) is 5.05. The molecule has 0 bridgehead atoms. The highest BCUT2D eigenvalue weighted by atomic mass is 32.1. The van der Waals surface area contributed by atoms with Crippen LogP contribution in [-0.2, 0) is 0 Å². The van der Waals surface area contributed by atoms with Gasteiger partial charge in [-0.2, -0.15) is 5.10 Å². The van der Waals surface area contributed by atoms with Gasteiger partial charge in [-0.1, -0.05) is 0 Å². The molecule has 5 heterocycles. The molecule has 26 heavy (non-hydrogen) atoms. The highest BCUT2D eigenvalue weighted by Gasteiger charge is 2.23. The standard InChI is InChI=1S/C19H20N6S/c1-11-6-14(23-25-9-12(2)21-18(11)25)16-8-20-15-7-17(26-19(15)22-16)13-4-5-24(3)10-13/h6-9,13H,4-5,10H2,1-3H3/t13-/m0/s1. The lowest BCUT2D eigenvalue weighted by Crippen LogP contribution is -2.12. The van der Waals surface area contributed by atoms with Crippen molar-refractivity contribution in [2.45, 2.75) is 26.2 Å². The van der Waals surface area contributed by atoms with Crippen molar-refractivity contribution in [1.29, 1.82) is 0 Å². The second-order valence-electron chi connectivity index (χ2n) is 7.21. The van der Waals surface area contributed by atoms with Gasteiger partial charge < -0.3 is 4.90 Å². The summed E-state index contributed by atoms with van der Waals surface area (Å²) in [5.41, 5.74) is 5.57. The van der Waals surface area contributed by atoms with Crippen LogP contribution in [-0.4, -0.2) is 49.6 Å². The van der Waals surface area contributed by atoms with E-state index >= 15 is 0 Å². The Morgan fingerprint density at radius 3 is 2.85 bits per heavy atom. The fourth-order valence-corrected chi connectivity index (χ4v) is 4.81. The fraction of sp³-hybridized carbons (Fsp3) is 0.368. The Morgan fingerprint density at radius 1 is 1.15 bits per heavy atom. The molecule has 1 atom stereocenters. The molecule has 0 aromatic carbocycles. The van der Waals surface area contributed by atoms with E-state index < -0.39 is 0 Å². The van der Waals surface area contributed by atoms with E-state index in [2.05, 4.69) is 40.0 Å². The van der Waals surface area contributed by atoms with Gasteiger partial charge in [0.15, 0.2) is 5.65 Å². The van der Waals surface area contributed by atoms with Crippen LogP contribution in [0.1, 0.15) is 28.5 Å². The number of likely N-dealkylation sites (tertiary alicyclic amines) is 1. The van der Waals surface area contributed by atoms with Crippen LogP contribution in [0.4, 0.5) is 0 Å². The summed E-state index contributed by atoms with van der Waals surface area (Å²) in [6, 6.07) is 4.25. The van der Waals surface area contributed by atoms with Gasteiger partial charge in [-0.05, 0) is 51.6 Å². The van der Waals surface area contributed by atoms with Crippen LogP contribution in [0.5, 0.6) is 0 Å². The molecule has 1 aliphatic heterocycles. The summed E-state index contributed by atoms with van der Waals surface area (Å²) in [6.07, 6.45) is 4.99. The molecular weight excluding hydrogens is 344 g/mol. The van der Waals surface area contributed by atoms with Crippen molar-refractivity contribution < 1.29 is 0 Å². The molecular formula is C19H20N6S. The van der Waals surface area contributed by atoms with Crippen molar-refractivity contribution in [3.8, 4) is 11.4 Å². The first-order valence-electron chi connectivity index (χ1n) is 8.86. The van der Waals surface area contributed by atoms with Crippen LogP contribution in [0, 0.1) is 13.8 Å². The van der Waals surface area contributed by atoms with E-state index in [1.54, 1.807) is 11.3 Å². The third-order valence-corrected chi connectivity index (χ3v) is 6.23. The van der Waals surface area contributed by atoms with Gasteiger partial charge in [0.25, 0.3) is 0 Å². The summed E-state index contributed by atoms with van der Waals surface area (Å²) in [5, 5.41) is 4.68. The van der Waals surface area contributed by atoms with Crippen LogP contribution in [0.25, 0.3) is 27.4 Å². The molecule has 0 N–H and O–H groups in total. The zero-order valence-corrected chi connectivity index (χ0v) is 15.9. The van der Waals surface area contributed by atoms with Crippen LogP contribution >= 0.6 is 11.3 Å². The maximum Gasteiger partial charge on any atom is 0.156 e. The second kappa shape index (κ2) is 5.82. The zero-order chi connectivity index (χ0) is 17.8. The Hall–Kier alpha value is -2.38. The molecule has 5 rings (SSSR count). The Labute approximate surface area is 155 Å². The minimum atomic E-state index is 0.607. The summed E-state index contributed by atoms with van der Waals surface area (Å²) in [6.45, 7) is 6.32. The van der Waals surface area contributed by atoms with E-state index in [1.165, 1.54) is 17.8 Å². The van der Waals surface area contributed by atoms with E-state index in [4.69, 9.17) is 4.98 Å². The first kappa shape index (κ1) is 15.8. The monoisotopic (exact) mass is 364 g/mol. The normalized spacial score (nSPS) is 18.3. The van der Waals surface area contributed by atoms with Gasteiger partial charge >= 0.3 is 0 Å². The number of imidazole rings is 1. The second-order valence-corrected chi connectivity index (χ2v) is 8.27. The van der Waals surface area contributed by atoms with E-state index in [0.717, 1.165) is 45.2 Å². The molecule has 7 heteroatoms. The molecule has 0 aliphatic carbocycles. The van der Waals surface area contributed by atoms with Crippen LogP contribution in [0.2, 0.25) is 0 Å². The number of aryl methyl sites for hydroxylation is 2. The Balaban J connectivity index is 1.57. The highest BCUT2D eigenvalue weighted by molar-refractivity contribution is 7.18. The predicted octanol–water partition coefficient (Wildman–Crippen LogP) is 3.44. The van der Waals surface area contributed by atoms with Crippen LogP contribution < -0.4 is 0 Å². The fourth-order valence-electron chi connectivity index (χ4n) is 3.69. The number of likely N-dealkylation sites (N-methyl/N-ethyl adjacent to an activating group) is 1. The first-order valence-corrected chi connectivity index (χ1v) is 9.67. The highest BCUT2D eigenvalue weighted by Crippen LogP contribution is 2.34. The van der Waals surface area contributed by atoms with Gasteiger partial charge in [-0.3, -0.25) is 4.98 Å². The van der Waals surface area contributed by atoms with Crippen molar-refractivity contribution in [3.05, 3.63) is 40.7 Å². The molecule has 0 unspecified atom stereocenters. The summed E-state index contributed by atoms with van der Waals surface area (Å²) in [5.74, 6) is 0.607. The number of fused-ring (bicyclic) bond motifs is 2. The Bertz CT molecular complexity index is 1130. The van der Waals surface area contributed by atoms with Crippen LogP contribution in [0.15, 0.2) is 24.5 Å². The number of rotatable bonds is 2. The van der Waals surface area contributed by atoms with Gasteiger partial charge in [0.05, 0.1) is 18.1 Å². The summed E-state index contributed by atoms with van der Waals surface area (Å²) in [4.78, 5) is 18.8. The lowest BCUT2D eigenvalue weighted by Gasteiger charge is -2.07. The predicted molar refractivity (Wildman–Crippen MR) is 104 cm³/mol. The molecule has 4 aromatic heterocycles. The van der Waals surface area contributed by atoms with Gasteiger partial charge in [0.2, 0.25) is 0 Å². The number of aromatic nitrogens is 5. The number of hydrogen-bond acceptors (Lipinski definition) is 6. The van der Waals surface area contributed by atoms with Gasteiger partial charge in [0, 0.05) is 17.3 Å². The van der Waals surface area contributed by atoms with E-state index in [1.807, 2.05) is 29.9 Å². The lowest BCUT2D eigenvalue weighted by molar-refractivity contribution is 0.412. The minimum Gasteiger partial charge on any atom is -0.306 e. The maximum atomic E-state index is 4.86. The molecule has 0 spiro atoms. The van der Waals surface area contributed by atoms with E-state index in [9.17, 15) is 0 Å². The molecule has 6 nitrogen and oxygen atoms in total. The summed E-state index contributed by atoms with van der Waals surface area (Å²) in [7, 11) is 2.18. The number of thiophene rings is 1. The van der Waals surface area contributed by atoms with E-state index in [0.29, 0.717) is 5.92 Å². The first-order chi connectivity index (χ1) is 12.6. The maximum absolute atomic E-state index is 4.86. The van der Waals surface area contributed by atoms with E-state index in [-0.39, 0.29) is 0 Å². The largest absolute Gasteiger partial charge is 0.306 e. The molecule has 0 saturated carbocycles. The minimum absolute atomic E-state index is 0.607. The van der Waals surface area contributed by atoms with Crippen LogP contribution in [0.3, 0.4) is 0 Å². The smallest absolute Gasteiger partial charge is 0.156 e. The zero-order valence-electron chi connectivity index (χ0n) is 15.1.